The molecule has 0 unspecified atom stereocenters. The van der Waals surface area contributed by atoms with E-state index in [2.05, 4.69) is 4.98 Å². The number of para-hydroxylation sites is 2. The molecule has 7 heteroatoms. The molecule has 33 heavy (non-hydrogen) atoms. The first kappa shape index (κ1) is 20.8. The van der Waals surface area contributed by atoms with Gasteiger partial charge in [-0.15, -0.1) is 0 Å². The molecule has 0 radical (unpaired) electrons. The van der Waals surface area contributed by atoms with Crippen molar-refractivity contribution in [2.45, 2.75) is 19.9 Å². The van der Waals surface area contributed by atoms with E-state index in [0.29, 0.717) is 23.7 Å². The SMILES string of the molecule is COc1ccc(C(=O)N2CCCn3nc(C)c(-c4ccccc4Oc4ccccc4)c32)cn1. The van der Waals surface area contributed by atoms with Gasteiger partial charge in [-0.05, 0) is 37.6 Å². The van der Waals surface area contributed by atoms with E-state index in [0.717, 1.165) is 41.4 Å². The van der Waals surface area contributed by atoms with Crippen LogP contribution in [0.25, 0.3) is 11.1 Å². The molecule has 2 aromatic heterocycles. The molecular formula is C26H24N4O3. The maximum Gasteiger partial charge on any atom is 0.261 e. The minimum atomic E-state index is -0.117. The number of ether oxygens (including phenoxy) is 2. The minimum Gasteiger partial charge on any atom is -0.481 e. The van der Waals surface area contributed by atoms with Crippen molar-refractivity contribution in [1.29, 1.82) is 0 Å². The molecule has 166 valence electrons. The molecule has 0 saturated heterocycles. The number of methoxy groups -OCH3 is 1. The van der Waals surface area contributed by atoms with Crippen LogP contribution in [0.2, 0.25) is 0 Å². The van der Waals surface area contributed by atoms with Gasteiger partial charge < -0.3 is 9.47 Å². The van der Waals surface area contributed by atoms with Crippen molar-refractivity contribution >= 4 is 11.7 Å². The van der Waals surface area contributed by atoms with Gasteiger partial charge in [-0.25, -0.2) is 9.67 Å². The monoisotopic (exact) mass is 440 g/mol. The van der Waals surface area contributed by atoms with Gasteiger partial charge >= 0.3 is 0 Å². The second-order valence-corrected chi connectivity index (χ2v) is 7.82. The largest absolute Gasteiger partial charge is 0.481 e. The second-order valence-electron chi connectivity index (χ2n) is 7.82. The van der Waals surface area contributed by atoms with Crippen molar-refractivity contribution < 1.29 is 14.3 Å². The Morgan fingerprint density at radius 3 is 2.52 bits per heavy atom. The van der Waals surface area contributed by atoms with Crippen LogP contribution in [0.4, 0.5) is 5.82 Å². The fourth-order valence-corrected chi connectivity index (χ4v) is 4.16. The highest BCUT2D eigenvalue weighted by molar-refractivity contribution is 6.08. The summed E-state index contributed by atoms with van der Waals surface area (Å²) in [7, 11) is 1.55. The summed E-state index contributed by atoms with van der Waals surface area (Å²) < 4.78 is 13.3. The molecule has 2 aromatic carbocycles. The highest BCUT2D eigenvalue weighted by Gasteiger charge is 2.31. The van der Waals surface area contributed by atoms with Gasteiger partial charge in [0, 0.05) is 30.9 Å². The maximum absolute atomic E-state index is 13.5. The van der Waals surface area contributed by atoms with E-state index in [9.17, 15) is 4.79 Å². The van der Waals surface area contributed by atoms with Crippen molar-refractivity contribution in [3.8, 4) is 28.5 Å². The van der Waals surface area contributed by atoms with Crippen LogP contribution in [0.5, 0.6) is 17.4 Å². The van der Waals surface area contributed by atoms with Crippen molar-refractivity contribution in [1.82, 2.24) is 14.8 Å². The van der Waals surface area contributed by atoms with Crippen LogP contribution in [0, 0.1) is 6.92 Å². The van der Waals surface area contributed by atoms with E-state index in [4.69, 9.17) is 14.6 Å². The number of amides is 1. The normalized spacial score (nSPS) is 12.8. The third-order valence-corrected chi connectivity index (χ3v) is 5.67. The third kappa shape index (κ3) is 3.93. The Kier molecular flexibility index (Phi) is 5.52. The van der Waals surface area contributed by atoms with Gasteiger partial charge in [0.2, 0.25) is 5.88 Å². The van der Waals surface area contributed by atoms with Crippen molar-refractivity contribution in [3.63, 3.8) is 0 Å². The number of fused-ring (bicyclic) bond motifs is 1. The lowest BCUT2D eigenvalue weighted by Crippen LogP contribution is -2.38. The maximum atomic E-state index is 13.5. The number of pyridine rings is 1. The van der Waals surface area contributed by atoms with Gasteiger partial charge in [0.25, 0.3) is 5.91 Å². The molecule has 5 rings (SSSR count). The van der Waals surface area contributed by atoms with E-state index < -0.39 is 0 Å². The summed E-state index contributed by atoms with van der Waals surface area (Å²) in [6.07, 6.45) is 2.38. The Morgan fingerprint density at radius 2 is 1.76 bits per heavy atom. The van der Waals surface area contributed by atoms with Gasteiger partial charge in [0.15, 0.2) is 0 Å². The molecular weight excluding hydrogens is 416 g/mol. The summed E-state index contributed by atoms with van der Waals surface area (Å²) in [6, 6.07) is 21.0. The van der Waals surface area contributed by atoms with Crippen LogP contribution >= 0.6 is 0 Å². The Morgan fingerprint density at radius 1 is 0.970 bits per heavy atom. The van der Waals surface area contributed by atoms with Crippen LogP contribution in [-0.2, 0) is 6.54 Å². The molecule has 0 N–H and O–H groups in total. The Labute approximate surface area is 192 Å². The van der Waals surface area contributed by atoms with Crippen LogP contribution in [0.1, 0.15) is 22.5 Å². The van der Waals surface area contributed by atoms with Crippen LogP contribution in [0.3, 0.4) is 0 Å². The molecule has 0 fully saturated rings. The van der Waals surface area contributed by atoms with Gasteiger partial charge in [-0.2, -0.15) is 5.10 Å². The van der Waals surface area contributed by atoms with E-state index in [-0.39, 0.29) is 5.91 Å². The Balaban J connectivity index is 1.58. The summed E-state index contributed by atoms with van der Waals surface area (Å²) >= 11 is 0. The third-order valence-electron chi connectivity index (χ3n) is 5.67. The number of carbonyl (C=O) groups excluding carboxylic acids is 1. The zero-order valence-electron chi connectivity index (χ0n) is 18.6. The fraction of sp³-hybridized carbons (Fsp3) is 0.192. The highest BCUT2D eigenvalue weighted by atomic mass is 16.5. The van der Waals surface area contributed by atoms with Crippen LogP contribution < -0.4 is 14.4 Å². The van der Waals surface area contributed by atoms with Gasteiger partial charge in [-0.1, -0.05) is 36.4 Å². The van der Waals surface area contributed by atoms with E-state index in [1.807, 2.05) is 66.2 Å². The average Bonchev–Trinajstić information content (AvgIpc) is 3.20. The minimum absolute atomic E-state index is 0.117. The lowest BCUT2D eigenvalue weighted by atomic mass is 10.0. The molecule has 1 aliphatic heterocycles. The number of anilines is 1. The average molecular weight is 441 g/mol. The summed E-state index contributed by atoms with van der Waals surface area (Å²) in [6.45, 7) is 3.32. The molecule has 0 saturated carbocycles. The predicted molar refractivity (Wildman–Crippen MR) is 126 cm³/mol. The number of carbonyl (C=O) groups is 1. The standard InChI is InChI=1S/C26H24N4O3/c1-18-24(21-11-6-7-12-22(21)33-20-9-4-3-5-10-20)25-29(15-8-16-30(25)28-18)26(31)19-13-14-23(32-2)27-17-19/h3-7,9-14,17H,8,15-16H2,1-2H3. The first-order chi connectivity index (χ1) is 16.2. The number of benzene rings is 2. The van der Waals surface area contributed by atoms with E-state index in [1.165, 1.54) is 0 Å². The molecule has 7 nitrogen and oxygen atoms in total. The summed E-state index contributed by atoms with van der Waals surface area (Å²) in [5, 5.41) is 4.76. The molecule has 0 bridgehead atoms. The van der Waals surface area contributed by atoms with E-state index in [1.54, 1.807) is 30.3 Å². The molecule has 1 amide bonds. The van der Waals surface area contributed by atoms with Gasteiger partial charge in [0.05, 0.1) is 23.9 Å². The number of hydrogen-bond donors (Lipinski definition) is 0. The van der Waals surface area contributed by atoms with Crippen molar-refractivity contribution in [2.75, 3.05) is 18.6 Å². The second kappa shape index (κ2) is 8.78. The Hall–Kier alpha value is -4.13. The molecule has 3 heterocycles. The molecule has 0 aliphatic carbocycles. The lowest BCUT2D eigenvalue weighted by Gasteiger charge is -2.29. The number of hydrogen-bond acceptors (Lipinski definition) is 5. The quantitative estimate of drug-likeness (QED) is 0.432. The lowest BCUT2D eigenvalue weighted by molar-refractivity contribution is 0.0981. The van der Waals surface area contributed by atoms with Crippen molar-refractivity contribution in [3.05, 3.63) is 84.2 Å². The zero-order chi connectivity index (χ0) is 22.8. The molecule has 4 aromatic rings. The highest BCUT2D eigenvalue weighted by Crippen LogP contribution is 2.42. The first-order valence-corrected chi connectivity index (χ1v) is 10.9. The smallest absolute Gasteiger partial charge is 0.261 e. The molecule has 0 atom stereocenters. The molecule has 0 spiro atoms. The molecule has 1 aliphatic rings. The topological polar surface area (TPSA) is 69.5 Å². The predicted octanol–water partition coefficient (Wildman–Crippen LogP) is 5.10. The van der Waals surface area contributed by atoms with Gasteiger partial charge in [-0.3, -0.25) is 9.69 Å². The number of rotatable bonds is 5. The van der Waals surface area contributed by atoms with Crippen LogP contribution in [-0.4, -0.2) is 34.3 Å². The fourth-order valence-electron chi connectivity index (χ4n) is 4.16. The van der Waals surface area contributed by atoms with Crippen molar-refractivity contribution in [2.24, 2.45) is 0 Å². The number of aryl methyl sites for hydroxylation is 2. The summed E-state index contributed by atoms with van der Waals surface area (Å²) in [5.41, 5.74) is 3.15. The number of nitrogens with zero attached hydrogens (tertiary/aromatic N) is 4. The zero-order valence-corrected chi connectivity index (χ0v) is 18.6. The number of aromatic nitrogens is 3. The Bertz CT molecular complexity index is 1280. The van der Waals surface area contributed by atoms with Gasteiger partial charge in [0.1, 0.15) is 17.3 Å². The van der Waals surface area contributed by atoms with E-state index >= 15 is 0 Å². The van der Waals surface area contributed by atoms with Crippen LogP contribution in [0.15, 0.2) is 72.9 Å². The summed E-state index contributed by atoms with van der Waals surface area (Å²) in [5.74, 6) is 2.60. The summed E-state index contributed by atoms with van der Waals surface area (Å²) in [4.78, 5) is 19.5. The first-order valence-electron chi connectivity index (χ1n) is 10.9.